The Labute approximate surface area is 232 Å². The van der Waals surface area contributed by atoms with Gasteiger partial charge in [-0.25, -0.2) is 0 Å². The number of likely N-dealkylation sites (tertiary alicyclic amines) is 1. The molecule has 2 fully saturated rings. The van der Waals surface area contributed by atoms with Crippen LogP contribution in [0.4, 0.5) is 19.0 Å². The van der Waals surface area contributed by atoms with E-state index in [0.717, 1.165) is 50.3 Å². The predicted molar refractivity (Wildman–Crippen MR) is 142 cm³/mol. The summed E-state index contributed by atoms with van der Waals surface area (Å²) in [4.78, 5) is 21.8. The minimum Gasteiger partial charge on any atom is -0.497 e. The van der Waals surface area contributed by atoms with Crippen molar-refractivity contribution in [3.63, 3.8) is 0 Å². The molecule has 0 saturated carbocycles. The number of ether oxygens (including phenoxy) is 2. The summed E-state index contributed by atoms with van der Waals surface area (Å²) in [5.41, 5.74) is -3.52. The third-order valence-electron chi connectivity index (χ3n) is 7.93. The monoisotopic (exact) mass is 566 g/mol. The molecule has 220 valence electrons. The Hall–Kier alpha value is -3.09. The highest BCUT2D eigenvalue weighted by Gasteiger charge is 2.62. The Morgan fingerprint density at radius 3 is 2.35 bits per heavy atom. The molecule has 9 nitrogen and oxygen atoms in total. The fourth-order valence-electron chi connectivity index (χ4n) is 5.58. The van der Waals surface area contributed by atoms with E-state index in [1.807, 2.05) is 6.07 Å². The topological polar surface area (TPSA) is 98.6 Å². The van der Waals surface area contributed by atoms with Gasteiger partial charge in [0.1, 0.15) is 23.4 Å². The molecule has 2 unspecified atom stereocenters. The lowest BCUT2D eigenvalue weighted by molar-refractivity contribution is -0.326. The van der Waals surface area contributed by atoms with Crippen LogP contribution in [0.15, 0.2) is 36.4 Å². The van der Waals surface area contributed by atoms with Gasteiger partial charge in [-0.15, -0.1) is 0 Å². The zero-order chi connectivity index (χ0) is 29.2. The summed E-state index contributed by atoms with van der Waals surface area (Å²) in [5.74, 6) is 1.49. The van der Waals surface area contributed by atoms with Crippen molar-refractivity contribution in [3.05, 3.63) is 47.5 Å². The summed E-state index contributed by atoms with van der Waals surface area (Å²) in [6.45, 7) is 2.04. The quantitative estimate of drug-likeness (QED) is 0.478. The van der Waals surface area contributed by atoms with Gasteiger partial charge in [-0.3, -0.25) is 9.69 Å². The molecule has 4 rings (SSSR count). The van der Waals surface area contributed by atoms with Gasteiger partial charge in [-0.1, -0.05) is 12.1 Å². The lowest BCUT2D eigenvalue weighted by Gasteiger charge is -2.49. The van der Waals surface area contributed by atoms with E-state index in [9.17, 15) is 28.2 Å². The van der Waals surface area contributed by atoms with E-state index in [4.69, 9.17) is 9.47 Å². The minimum absolute atomic E-state index is 0.128. The van der Waals surface area contributed by atoms with Gasteiger partial charge in [0.15, 0.2) is 0 Å². The number of alkyl halides is 3. The number of hydrogen-bond acceptors (Lipinski definition) is 8. The molecule has 1 amide bonds. The number of aliphatic hydroxyl groups is 2. The van der Waals surface area contributed by atoms with Gasteiger partial charge in [0.2, 0.25) is 11.5 Å². The van der Waals surface area contributed by atoms with Crippen LogP contribution in [0.25, 0.3) is 0 Å². The van der Waals surface area contributed by atoms with Crippen LogP contribution >= 0.6 is 0 Å². The van der Waals surface area contributed by atoms with Crippen LogP contribution in [0.1, 0.15) is 35.2 Å². The maximum absolute atomic E-state index is 14.1. The molecule has 40 heavy (non-hydrogen) atoms. The van der Waals surface area contributed by atoms with Crippen molar-refractivity contribution in [2.24, 2.45) is 11.8 Å². The van der Waals surface area contributed by atoms with Gasteiger partial charge in [-0.2, -0.15) is 18.2 Å². The third kappa shape index (κ3) is 5.84. The molecule has 2 aromatic rings. The van der Waals surface area contributed by atoms with Crippen LogP contribution in [-0.4, -0.2) is 97.8 Å². The van der Waals surface area contributed by atoms with E-state index in [-0.39, 0.29) is 36.5 Å². The Bertz CT molecular complexity index is 1180. The van der Waals surface area contributed by atoms with Crippen molar-refractivity contribution < 1.29 is 37.7 Å². The van der Waals surface area contributed by atoms with Crippen LogP contribution in [0.5, 0.6) is 11.6 Å². The van der Waals surface area contributed by atoms with E-state index >= 15 is 0 Å². The van der Waals surface area contributed by atoms with Crippen molar-refractivity contribution >= 4 is 11.7 Å². The number of rotatable bonds is 9. The summed E-state index contributed by atoms with van der Waals surface area (Å²) < 4.78 is 52.6. The Morgan fingerprint density at radius 1 is 1.10 bits per heavy atom. The summed E-state index contributed by atoms with van der Waals surface area (Å²) in [7, 11) is 6.14. The van der Waals surface area contributed by atoms with Crippen molar-refractivity contribution in [3.8, 4) is 11.6 Å². The van der Waals surface area contributed by atoms with E-state index in [1.54, 1.807) is 20.2 Å². The highest BCUT2D eigenvalue weighted by atomic mass is 19.4. The summed E-state index contributed by atoms with van der Waals surface area (Å²) in [6.07, 6.45) is -4.63. The predicted octanol–water partition coefficient (Wildman–Crippen LogP) is 3.11. The summed E-state index contributed by atoms with van der Waals surface area (Å²) in [5, 5.41) is 21.5. The zero-order valence-electron chi connectivity index (χ0n) is 23.2. The van der Waals surface area contributed by atoms with Gasteiger partial charge < -0.3 is 29.5 Å². The first-order chi connectivity index (χ1) is 18.9. The lowest BCUT2D eigenvalue weighted by atomic mass is 9.81. The first kappa shape index (κ1) is 29.9. The molecule has 2 aliphatic rings. The van der Waals surface area contributed by atoms with Crippen molar-refractivity contribution in [2.75, 3.05) is 59.4 Å². The highest BCUT2D eigenvalue weighted by molar-refractivity contribution is 5.96. The number of methoxy groups -OCH3 is 2. The molecule has 0 spiro atoms. The molecular formula is C28H37F3N4O5. The first-order valence-corrected chi connectivity index (χ1v) is 13.3. The highest BCUT2D eigenvalue weighted by Crippen LogP contribution is 2.45. The third-order valence-corrected chi connectivity index (χ3v) is 7.93. The van der Waals surface area contributed by atoms with Crippen LogP contribution < -0.4 is 14.4 Å². The van der Waals surface area contributed by atoms with E-state index in [2.05, 4.69) is 9.88 Å². The van der Waals surface area contributed by atoms with Gasteiger partial charge in [0.25, 0.3) is 5.91 Å². The Balaban J connectivity index is 1.32. The number of carbonyl (C=O) groups excluding carboxylic acids is 1. The van der Waals surface area contributed by atoms with Crippen LogP contribution in [-0.2, 0) is 5.60 Å². The fourth-order valence-corrected chi connectivity index (χ4v) is 5.58. The average molecular weight is 567 g/mol. The average Bonchev–Trinajstić information content (AvgIpc) is 2.92. The van der Waals surface area contributed by atoms with Crippen LogP contribution in [0, 0.1) is 11.8 Å². The fraction of sp³-hybridized carbons (Fsp3) is 0.571. The second kappa shape index (κ2) is 11.8. The number of pyridine rings is 1. The largest absolute Gasteiger partial charge is 0.497 e. The molecule has 0 aliphatic carbocycles. The van der Waals surface area contributed by atoms with Gasteiger partial charge in [0, 0.05) is 45.8 Å². The normalized spacial score (nSPS) is 19.5. The Morgan fingerprint density at radius 2 is 1.77 bits per heavy atom. The van der Waals surface area contributed by atoms with Crippen molar-refractivity contribution in [1.29, 1.82) is 0 Å². The number of nitrogens with zero attached hydrogens (tertiary/aromatic N) is 4. The maximum atomic E-state index is 14.1. The van der Waals surface area contributed by atoms with E-state index < -0.39 is 23.6 Å². The number of anilines is 1. The van der Waals surface area contributed by atoms with Gasteiger partial charge >= 0.3 is 6.18 Å². The maximum Gasteiger partial charge on any atom is 0.425 e. The molecule has 3 heterocycles. The SMILES string of the molecule is COc1cccc(C(O)(C(O)N2CC(CC3CCN(c4ccc(C(=O)N(C)C)c(OC)n4)CC3)C2)C(F)(F)F)c1. The second-order valence-corrected chi connectivity index (χ2v) is 10.8. The summed E-state index contributed by atoms with van der Waals surface area (Å²) >= 11 is 0. The van der Waals surface area contributed by atoms with Crippen LogP contribution in [0.3, 0.4) is 0 Å². The van der Waals surface area contributed by atoms with E-state index in [0.29, 0.717) is 11.5 Å². The first-order valence-electron chi connectivity index (χ1n) is 13.3. The minimum atomic E-state index is -5.09. The number of aliphatic hydroxyl groups excluding tert-OH is 1. The zero-order valence-corrected chi connectivity index (χ0v) is 23.2. The standard InChI is InChI=1S/C28H37F3N4O5/c1-33(2)25(36)22-8-9-23(32-24(22)40-4)34-12-10-18(11-13-34)14-19-16-35(17-19)26(37)27(38,28(29,30)31)20-6-5-7-21(15-20)39-3/h5-9,15,18-19,26,37-38H,10-14,16-17H2,1-4H3. The number of hydrogen-bond donors (Lipinski definition) is 2. The number of amides is 1. The number of halogens is 3. The lowest BCUT2D eigenvalue weighted by Crippen LogP contribution is -2.64. The molecular weight excluding hydrogens is 529 g/mol. The second-order valence-electron chi connectivity index (χ2n) is 10.8. The molecule has 12 heteroatoms. The van der Waals surface area contributed by atoms with Gasteiger partial charge in [-0.05, 0) is 55.4 Å². The number of piperidine rings is 1. The molecule has 2 atom stereocenters. The van der Waals surface area contributed by atoms with Crippen molar-refractivity contribution in [1.82, 2.24) is 14.8 Å². The number of aromatic nitrogens is 1. The van der Waals surface area contributed by atoms with E-state index in [1.165, 1.54) is 36.2 Å². The number of carbonyl (C=O) groups is 1. The van der Waals surface area contributed by atoms with Crippen molar-refractivity contribution in [2.45, 2.75) is 37.3 Å². The summed E-state index contributed by atoms with van der Waals surface area (Å²) in [6, 6.07) is 8.60. The van der Waals surface area contributed by atoms with Gasteiger partial charge in [0.05, 0.1) is 14.2 Å². The van der Waals surface area contributed by atoms with Crippen LogP contribution in [0.2, 0.25) is 0 Å². The Kier molecular flexibility index (Phi) is 8.81. The smallest absolute Gasteiger partial charge is 0.425 e. The molecule has 2 saturated heterocycles. The molecule has 2 aliphatic heterocycles. The molecule has 0 bridgehead atoms. The molecule has 0 radical (unpaired) electrons. The molecule has 1 aromatic heterocycles. The number of benzene rings is 1. The molecule has 2 N–H and O–H groups in total. The molecule has 1 aromatic carbocycles.